The summed E-state index contributed by atoms with van der Waals surface area (Å²) in [5.74, 6) is -0.217. The maximum atomic E-state index is 13.8. The fourth-order valence-electron chi connectivity index (χ4n) is 2.39. The largest absolute Gasteiger partial charge is 0.366 e. The van der Waals surface area contributed by atoms with E-state index >= 15 is 0 Å². The molecular formula is C12H14ClFN2. The number of benzene rings is 1. The van der Waals surface area contributed by atoms with Gasteiger partial charge < -0.3 is 10.2 Å². The average Bonchev–Trinajstić information content (AvgIpc) is 2.97. The third-order valence-corrected chi connectivity index (χ3v) is 3.71. The number of rotatable bonds is 1. The summed E-state index contributed by atoms with van der Waals surface area (Å²) in [5, 5.41) is 3.97. The van der Waals surface area contributed by atoms with Crippen molar-refractivity contribution in [2.75, 3.05) is 24.5 Å². The average molecular weight is 241 g/mol. The minimum Gasteiger partial charge on any atom is -0.366 e. The molecule has 1 N–H and O–H groups in total. The molecule has 1 heterocycles. The van der Waals surface area contributed by atoms with E-state index in [1.165, 1.54) is 18.9 Å². The minimum absolute atomic E-state index is 0.217. The molecule has 0 bridgehead atoms. The van der Waals surface area contributed by atoms with Gasteiger partial charge in [0.05, 0.1) is 5.69 Å². The van der Waals surface area contributed by atoms with E-state index in [1.54, 1.807) is 12.1 Å². The Kier molecular flexibility index (Phi) is 2.33. The van der Waals surface area contributed by atoms with Gasteiger partial charge in [-0.2, -0.15) is 0 Å². The molecule has 0 atom stereocenters. The van der Waals surface area contributed by atoms with Gasteiger partial charge in [-0.1, -0.05) is 11.6 Å². The third kappa shape index (κ3) is 1.78. The minimum atomic E-state index is -0.217. The molecule has 0 amide bonds. The first-order valence-electron chi connectivity index (χ1n) is 5.64. The van der Waals surface area contributed by atoms with Crippen LogP contribution in [0.4, 0.5) is 10.1 Å². The van der Waals surface area contributed by atoms with Crippen LogP contribution in [0.5, 0.6) is 0 Å². The molecule has 86 valence electrons. The molecule has 1 aliphatic heterocycles. The zero-order valence-electron chi connectivity index (χ0n) is 8.97. The second-order valence-corrected chi connectivity index (χ2v) is 5.16. The van der Waals surface area contributed by atoms with Crippen molar-refractivity contribution >= 4 is 17.3 Å². The highest BCUT2D eigenvalue weighted by molar-refractivity contribution is 6.30. The van der Waals surface area contributed by atoms with Crippen LogP contribution < -0.4 is 10.2 Å². The predicted molar refractivity (Wildman–Crippen MR) is 63.6 cm³/mol. The molecule has 3 rings (SSSR count). The lowest BCUT2D eigenvalue weighted by atomic mass is 10.1. The van der Waals surface area contributed by atoms with Crippen molar-refractivity contribution < 1.29 is 4.39 Å². The number of nitrogens with zero attached hydrogens (tertiary/aromatic N) is 1. The quantitative estimate of drug-likeness (QED) is 0.811. The molecule has 1 aliphatic carbocycles. The van der Waals surface area contributed by atoms with Crippen molar-refractivity contribution in [3.8, 4) is 0 Å². The zero-order chi connectivity index (χ0) is 11.2. The van der Waals surface area contributed by atoms with Crippen LogP contribution in [-0.4, -0.2) is 25.2 Å². The summed E-state index contributed by atoms with van der Waals surface area (Å²) in [6, 6.07) is 4.92. The molecule has 2 aliphatic rings. The van der Waals surface area contributed by atoms with Crippen molar-refractivity contribution in [3.05, 3.63) is 29.0 Å². The van der Waals surface area contributed by atoms with Gasteiger partial charge >= 0.3 is 0 Å². The normalized spacial score (nSPS) is 22.5. The number of piperazine rings is 1. The highest BCUT2D eigenvalue weighted by Gasteiger charge is 2.45. The Hall–Kier alpha value is -0.800. The zero-order valence-corrected chi connectivity index (χ0v) is 9.73. The van der Waals surface area contributed by atoms with E-state index in [0.717, 1.165) is 19.6 Å². The Morgan fingerprint density at radius 2 is 2.19 bits per heavy atom. The van der Waals surface area contributed by atoms with Crippen molar-refractivity contribution in [1.82, 2.24) is 5.32 Å². The molecule has 4 heteroatoms. The molecule has 2 nitrogen and oxygen atoms in total. The number of anilines is 1. The van der Waals surface area contributed by atoms with Gasteiger partial charge in [0, 0.05) is 30.2 Å². The summed E-state index contributed by atoms with van der Waals surface area (Å²) in [6.07, 6.45) is 2.41. The van der Waals surface area contributed by atoms with E-state index in [2.05, 4.69) is 10.2 Å². The van der Waals surface area contributed by atoms with Gasteiger partial charge in [0.1, 0.15) is 5.82 Å². The van der Waals surface area contributed by atoms with E-state index in [-0.39, 0.29) is 11.4 Å². The van der Waals surface area contributed by atoms with E-state index in [0.29, 0.717) is 10.7 Å². The summed E-state index contributed by atoms with van der Waals surface area (Å²) in [5.41, 5.74) is 0.946. The van der Waals surface area contributed by atoms with Gasteiger partial charge in [-0.3, -0.25) is 0 Å². The first-order chi connectivity index (χ1) is 7.69. The van der Waals surface area contributed by atoms with Gasteiger partial charge in [0.2, 0.25) is 0 Å². The number of halogens is 2. The number of hydrogen-bond acceptors (Lipinski definition) is 2. The summed E-state index contributed by atoms with van der Waals surface area (Å²) >= 11 is 5.75. The molecule has 16 heavy (non-hydrogen) atoms. The van der Waals surface area contributed by atoms with Crippen LogP contribution in [0.2, 0.25) is 5.02 Å². The van der Waals surface area contributed by atoms with Gasteiger partial charge in [-0.25, -0.2) is 4.39 Å². The van der Waals surface area contributed by atoms with E-state index in [1.807, 2.05) is 0 Å². The Morgan fingerprint density at radius 1 is 1.38 bits per heavy atom. The highest BCUT2D eigenvalue weighted by atomic mass is 35.5. The lowest BCUT2D eigenvalue weighted by Crippen LogP contribution is -2.52. The third-order valence-electron chi connectivity index (χ3n) is 3.48. The summed E-state index contributed by atoms with van der Waals surface area (Å²) in [4.78, 5) is 2.12. The maximum absolute atomic E-state index is 13.8. The molecule has 0 aromatic heterocycles. The molecular weight excluding hydrogens is 227 g/mol. The summed E-state index contributed by atoms with van der Waals surface area (Å²) in [6.45, 7) is 2.70. The van der Waals surface area contributed by atoms with Crippen LogP contribution in [0.3, 0.4) is 0 Å². The lowest BCUT2D eigenvalue weighted by molar-refractivity contribution is 0.438. The summed E-state index contributed by atoms with van der Waals surface area (Å²) in [7, 11) is 0. The monoisotopic (exact) mass is 240 g/mol. The Morgan fingerprint density at radius 3 is 2.88 bits per heavy atom. The SMILES string of the molecule is Fc1cc(Cl)ccc1N1CCNC2(CC2)C1. The molecule has 1 spiro atoms. The van der Waals surface area contributed by atoms with Gasteiger partial charge in [0.25, 0.3) is 0 Å². The number of nitrogens with one attached hydrogen (secondary N) is 1. The van der Waals surface area contributed by atoms with Crippen molar-refractivity contribution in [2.45, 2.75) is 18.4 Å². The summed E-state index contributed by atoms with van der Waals surface area (Å²) < 4.78 is 13.8. The molecule has 1 aromatic carbocycles. The molecule has 1 aromatic rings. The van der Waals surface area contributed by atoms with Gasteiger partial charge in [0.15, 0.2) is 0 Å². The van der Waals surface area contributed by atoms with Crippen LogP contribution >= 0.6 is 11.6 Å². The molecule has 1 saturated heterocycles. The predicted octanol–water partition coefficient (Wildman–Crippen LogP) is 2.42. The van der Waals surface area contributed by atoms with Crippen LogP contribution in [0, 0.1) is 5.82 Å². The standard InChI is InChI=1S/C12H14ClFN2/c13-9-1-2-11(10(14)7-9)16-6-5-15-12(8-16)3-4-12/h1-2,7,15H,3-6,8H2. The molecule has 0 radical (unpaired) electrons. The second-order valence-electron chi connectivity index (χ2n) is 4.72. The fraction of sp³-hybridized carbons (Fsp3) is 0.500. The van der Waals surface area contributed by atoms with Gasteiger partial charge in [-0.05, 0) is 31.0 Å². The Labute approximate surface area is 99.4 Å². The second kappa shape index (κ2) is 3.60. The van der Waals surface area contributed by atoms with Crippen molar-refractivity contribution in [3.63, 3.8) is 0 Å². The van der Waals surface area contributed by atoms with Crippen LogP contribution in [0.15, 0.2) is 18.2 Å². The van der Waals surface area contributed by atoms with Crippen molar-refractivity contribution in [2.24, 2.45) is 0 Å². The maximum Gasteiger partial charge on any atom is 0.147 e. The van der Waals surface area contributed by atoms with E-state index < -0.39 is 0 Å². The molecule has 0 unspecified atom stereocenters. The Balaban J connectivity index is 1.85. The number of hydrogen-bond donors (Lipinski definition) is 1. The van der Waals surface area contributed by atoms with Crippen LogP contribution in [-0.2, 0) is 0 Å². The van der Waals surface area contributed by atoms with Crippen LogP contribution in [0.25, 0.3) is 0 Å². The topological polar surface area (TPSA) is 15.3 Å². The van der Waals surface area contributed by atoms with E-state index in [4.69, 9.17) is 11.6 Å². The highest BCUT2D eigenvalue weighted by Crippen LogP contribution is 2.39. The molecule has 2 fully saturated rings. The van der Waals surface area contributed by atoms with Crippen LogP contribution in [0.1, 0.15) is 12.8 Å². The smallest absolute Gasteiger partial charge is 0.147 e. The Bertz CT molecular complexity index is 417. The van der Waals surface area contributed by atoms with E-state index in [9.17, 15) is 4.39 Å². The van der Waals surface area contributed by atoms with Crippen molar-refractivity contribution in [1.29, 1.82) is 0 Å². The van der Waals surface area contributed by atoms with Gasteiger partial charge in [-0.15, -0.1) is 0 Å². The first-order valence-corrected chi connectivity index (χ1v) is 6.01. The first kappa shape index (κ1) is 10.4. The molecule has 1 saturated carbocycles. The lowest BCUT2D eigenvalue weighted by Gasteiger charge is -2.35. The fourth-order valence-corrected chi connectivity index (χ4v) is 2.54.